The molecule has 0 fully saturated rings. The van der Waals surface area contributed by atoms with E-state index in [1.807, 2.05) is 0 Å². The highest BCUT2D eigenvalue weighted by Gasteiger charge is 1.99. The highest BCUT2D eigenvalue weighted by atomic mass is 127. The van der Waals surface area contributed by atoms with Gasteiger partial charge in [-0.15, -0.1) is 6.42 Å². The molecular formula is C8H9IO2. The summed E-state index contributed by atoms with van der Waals surface area (Å²) in [6, 6.07) is 0. The minimum Gasteiger partial charge on any atom is -0.384 e. The van der Waals surface area contributed by atoms with Crippen LogP contribution in [0.3, 0.4) is 0 Å². The minimum atomic E-state index is -0.154. The van der Waals surface area contributed by atoms with Crippen LogP contribution in [-0.4, -0.2) is 28.9 Å². The second kappa shape index (κ2) is 7.87. The largest absolute Gasteiger partial charge is 0.384 e. The smallest absolute Gasteiger partial charge is 0.128 e. The van der Waals surface area contributed by atoms with Crippen LogP contribution in [-0.2, 0) is 4.74 Å². The number of alkyl halides is 1. The van der Waals surface area contributed by atoms with Crippen molar-refractivity contribution in [2.24, 2.45) is 0 Å². The van der Waals surface area contributed by atoms with Crippen molar-refractivity contribution in [3.63, 3.8) is 0 Å². The van der Waals surface area contributed by atoms with Crippen LogP contribution in [0.25, 0.3) is 0 Å². The number of halogens is 1. The van der Waals surface area contributed by atoms with Gasteiger partial charge in [-0.2, -0.15) is 0 Å². The van der Waals surface area contributed by atoms with Crippen LogP contribution in [0.5, 0.6) is 0 Å². The number of hydrogen-bond acceptors (Lipinski definition) is 2. The molecule has 2 nitrogen and oxygen atoms in total. The van der Waals surface area contributed by atoms with Gasteiger partial charge in [0, 0.05) is 4.43 Å². The summed E-state index contributed by atoms with van der Waals surface area (Å²) in [6.45, 7) is 0.139. The SMILES string of the molecule is C#CCOC(C#CCO)CI. The normalized spacial score (nSPS) is 11.0. The Morgan fingerprint density at radius 3 is 2.82 bits per heavy atom. The van der Waals surface area contributed by atoms with Gasteiger partial charge in [-0.05, 0) is 0 Å². The van der Waals surface area contributed by atoms with Crippen molar-refractivity contribution in [3.05, 3.63) is 0 Å². The standard InChI is InChI=1S/C8H9IO2/c1-2-6-11-8(7-9)4-3-5-10/h1,8,10H,5-7H2. The molecule has 0 aliphatic rings. The van der Waals surface area contributed by atoms with Crippen molar-refractivity contribution in [3.8, 4) is 24.2 Å². The number of rotatable bonds is 3. The molecule has 0 radical (unpaired) electrons. The monoisotopic (exact) mass is 264 g/mol. The molecule has 0 bridgehead atoms. The first-order chi connectivity index (χ1) is 5.35. The first-order valence-electron chi connectivity index (χ1n) is 3.05. The molecule has 3 heteroatoms. The van der Waals surface area contributed by atoms with Gasteiger partial charge in [-0.25, -0.2) is 0 Å². The van der Waals surface area contributed by atoms with E-state index in [-0.39, 0.29) is 19.3 Å². The van der Waals surface area contributed by atoms with E-state index in [1.54, 1.807) is 0 Å². The van der Waals surface area contributed by atoms with Crippen LogP contribution in [0.15, 0.2) is 0 Å². The van der Waals surface area contributed by atoms with Crippen molar-refractivity contribution in [1.29, 1.82) is 0 Å². The van der Waals surface area contributed by atoms with E-state index in [0.717, 1.165) is 4.43 Å². The van der Waals surface area contributed by atoms with E-state index >= 15 is 0 Å². The van der Waals surface area contributed by atoms with Crippen LogP contribution in [0.4, 0.5) is 0 Å². The van der Waals surface area contributed by atoms with Crippen molar-refractivity contribution in [2.45, 2.75) is 6.10 Å². The molecule has 0 aliphatic carbocycles. The van der Waals surface area contributed by atoms with E-state index in [2.05, 4.69) is 40.4 Å². The number of hydrogen-bond donors (Lipinski definition) is 1. The third kappa shape index (κ3) is 6.18. The summed E-state index contributed by atoms with van der Waals surface area (Å²) in [5.74, 6) is 7.60. The maximum atomic E-state index is 8.36. The van der Waals surface area contributed by atoms with Crippen LogP contribution >= 0.6 is 22.6 Å². The van der Waals surface area contributed by atoms with E-state index in [0.29, 0.717) is 0 Å². The average Bonchev–Trinajstić information content (AvgIpc) is 2.05. The molecule has 60 valence electrons. The second-order valence-electron chi connectivity index (χ2n) is 1.64. The molecule has 0 saturated carbocycles. The van der Waals surface area contributed by atoms with E-state index in [4.69, 9.17) is 16.3 Å². The average molecular weight is 264 g/mol. The van der Waals surface area contributed by atoms with Gasteiger partial charge in [0.25, 0.3) is 0 Å². The Balaban J connectivity index is 3.68. The zero-order valence-electron chi connectivity index (χ0n) is 6.01. The molecular weight excluding hydrogens is 255 g/mol. The Labute approximate surface area is 80.5 Å². The molecule has 0 aliphatic heterocycles. The molecule has 0 rings (SSSR count). The van der Waals surface area contributed by atoms with Crippen LogP contribution in [0.1, 0.15) is 0 Å². The maximum absolute atomic E-state index is 8.36. The lowest BCUT2D eigenvalue weighted by molar-refractivity contribution is 0.139. The van der Waals surface area contributed by atoms with Crippen LogP contribution in [0, 0.1) is 24.2 Å². The number of aliphatic hydroxyl groups excluding tert-OH is 1. The quantitative estimate of drug-likeness (QED) is 0.455. The van der Waals surface area contributed by atoms with Crippen molar-refractivity contribution in [2.75, 3.05) is 17.6 Å². The van der Waals surface area contributed by atoms with E-state index < -0.39 is 0 Å². The van der Waals surface area contributed by atoms with Gasteiger partial charge in [-0.3, -0.25) is 0 Å². The van der Waals surface area contributed by atoms with Gasteiger partial charge >= 0.3 is 0 Å². The fourth-order valence-corrected chi connectivity index (χ4v) is 0.907. The summed E-state index contributed by atoms with van der Waals surface area (Å²) in [5.41, 5.74) is 0. The minimum absolute atomic E-state index is 0.132. The third-order valence-electron chi connectivity index (χ3n) is 0.850. The fraction of sp³-hybridized carbons (Fsp3) is 0.500. The molecule has 0 heterocycles. The van der Waals surface area contributed by atoms with Gasteiger partial charge in [0.05, 0.1) is 0 Å². The summed E-state index contributed by atoms with van der Waals surface area (Å²) < 4.78 is 5.87. The molecule has 1 unspecified atom stereocenters. The van der Waals surface area contributed by atoms with Gasteiger partial charge < -0.3 is 9.84 Å². The lowest BCUT2D eigenvalue weighted by Gasteiger charge is -2.04. The predicted molar refractivity (Wildman–Crippen MR) is 52.3 cm³/mol. The zero-order chi connectivity index (χ0) is 8.53. The van der Waals surface area contributed by atoms with E-state index in [1.165, 1.54) is 0 Å². The molecule has 0 aromatic carbocycles. The first-order valence-corrected chi connectivity index (χ1v) is 4.58. The molecule has 0 saturated heterocycles. The Kier molecular flexibility index (Phi) is 7.71. The van der Waals surface area contributed by atoms with E-state index in [9.17, 15) is 0 Å². The summed E-state index contributed by atoms with van der Waals surface area (Å²) >= 11 is 2.15. The van der Waals surface area contributed by atoms with Crippen LogP contribution < -0.4 is 0 Å². The second-order valence-corrected chi connectivity index (χ2v) is 2.52. The topological polar surface area (TPSA) is 29.5 Å². The zero-order valence-corrected chi connectivity index (χ0v) is 8.17. The maximum Gasteiger partial charge on any atom is 0.128 e. The highest BCUT2D eigenvalue weighted by Crippen LogP contribution is 1.95. The summed E-state index contributed by atoms with van der Waals surface area (Å²) in [6.07, 6.45) is 4.83. The highest BCUT2D eigenvalue weighted by molar-refractivity contribution is 14.1. The molecule has 0 aromatic rings. The Morgan fingerprint density at radius 1 is 1.64 bits per heavy atom. The van der Waals surface area contributed by atoms with Crippen molar-refractivity contribution in [1.82, 2.24) is 0 Å². The first kappa shape index (κ1) is 10.8. The molecule has 0 aromatic heterocycles. The lowest BCUT2D eigenvalue weighted by atomic mass is 10.4. The molecule has 11 heavy (non-hydrogen) atoms. The van der Waals surface area contributed by atoms with Crippen molar-refractivity contribution >= 4 is 22.6 Å². The number of aliphatic hydroxyl groups is 1. The molecule has 1 atom stereocenters. The number of ether oxygens (including phenoxy) is 1. The van der Waals surface area contributed by atoms with Crippen molar-refractivity contribution < 1.29 is 9.84 Å². The molecule has 0 amide bonds. The lowest BCUT2D eigenvalue weighted by Crippen LogP contribution is -2.12. The fourth-order valence-electron chi connectivity index (χ4n) is 0.433. The van der Waals surface area contributed by atoms with Gasteiger partial charge in [0.2, 0.25) is 0 Å². The Morgan fingerprint density at radius 2 is 2.36 bits per heavy atom. The van der Waals surface area contributed by atoms with Gasteiger partial charge in [0.15, 0.2) is 0 Å². The number of terminal acetylenes is 1. The van der Waals surface area contributed by atoms with Crippen LogP contribution in [0.2, 0.25) is 0 Å². The third-order valence-corrected chi connectivity index (χ3v) is 1.65. The Bertz CT molecular complexity index is 184. The molecule has 1 N–H and O–H groups in total. The Hall–Kier alpha value is -0.230. The summed E-state index contributed by atoms with van der Waals surface area (Å²) in [7, 11) is 0. The van der Waals surface area contributed by atoms with Gasteiger partial charge in [0.1, 0.15) is 19.3 Å². The molecule has 0 spiro atoms. The van der Waals surface area contributed by atoms with Gasteiger partial charge in [-0.1, -0.05) is 40.4 Å². The summed E-state index contributed by atoms with van der Waals surface area (Å²) in [4.78, 5) is 0. The summed E-state index contributed by atoms with van der Waals surface area (Å²) in [5, 5.41) is 8.36. The predicted octanol–water partition coefficient (Wildman–Crippen LogP) is 0.435.